The van der Waals surface area contributed by atoms with E-state index in [1.54, 1.807) is 18.2 Å². The van der Waals surface area contributed by atoms with Gasteiger partial charge in [0.05, 0.1) is 11.1 Å². The van der Waals surface area contributed by atoms with Crippen LogP contribution in [0.4, 0.5) is 4.39 Å². The van der Waals surface area contributed by atoms with Gasteiger partial charge in [0.1, 0.15) is 11.6 Å². The topological polar surface area (TPSA) is 43.4 Å². The molecule has 0 N–H and O–H groups in total. The first kappa shape index (κ1) is 13.9. The SMILES string of the molecule is CC(=O)c1cc(C)ccc1OC(=O)c1cccc(F)c1. The minimum atomic E-state index is -0.698. The Labute approximate surface area is 116 Å². The van der Waals surface area contributed by atoms with Gasteiger partial charge >= 0.3 is 5.97 Å². The van der Waals surface area contributed by atoms with Gasteiger partial charge in [0.2, 0.25) is 0 Å². The van der Waals surface area contributed by atoms with Crippen LogP contribution in [0.1, 0.15) is 33.2 Å². The Balaban J connectivity index is 2.30. The normalized spacial score (nSPS) is 10.2. The van der Waals surface area contributed by atoms with E-state index < -0.39 is 11.8 Å². The fourth-order valence-corrected chi connectivity index (χ4v) is 1.78. The highest BCUT2D eigenvalue weighted by Crippen LogP contribution is 2.22. The quantitative estimate of drug-likeness (QED) is 0.487. The molecule has 4 heteroatoms. The van der Waals surface area contributed by atoms with Gasteiger partial charge in [-0.15, -0.1) is 0 Å². The minimum absolute atomic E-state index is 0.0973. The van der Waals surface area contributed by atoms with Crippen LogP contribution in [0.2, 0.25) is 0 Å². The zero-order valence-electron chi connectivity index (χ0n) is 11.1. The summed E-state index contributed by atoms with van der Waals surface area (Å²) in [5.74, 6) is -1.24. The number of carbonyl (C=O) groups is 2. The van der Waals surface area contributed by atoms with Crippen molar-refractivity contribution in [2.75, 3.05) is 0 Å². The van der Waals surface area contributed by atoms with Crippen LogP contribution in [-0.2, 0) is 0 Å². The third-order valence-corrected chi connectivity index (χ3v) is 2.78. The largest absolute Gasteiger partial charge is 0.422 e. The molecule has 20 heavy (non-hydrogen) atoms. The van der Waals surface area contributed by atoms with Gasteiger partial charge in [-0.1, -0.05) is 17.7 Å². The highest BCUT2D eigenvalue weighted by atomic mass is 19.1. The number of hydrogen-bond acceptors (Lipinski definition) is 3. The average Bonchev–Trinajstić information content (AvgIpc) is 2.40. The molecule has 0 aliphatic rings. The lowest BCUT2D eigenvalue weighted by Gasteiger charge is -2.09. The minimum Gasteiger partial charge on any atom is -0.422 e. The van der Waals surface area contributed by atoms with Crippen molar-refractivity contribution in [2.45, 2.75) is 13.8 Å². The van der Waals surface area contributed by atoms with Crippen LogP contribution in [0.5, 0.6) is 5.75 Å². The summed E-state index contributed by atoms with van der Waals surface area (Å²) < 4.78 is 18.2. The molecule has 0 radical (unpaired) electrons. The smallest absolute Gasteiger partial charge is 0.343 e. The van der Waals surface area contributed by atoms with E-state index in [0.717, 1.165) is 11.6 Å². The molecule has 0 aromatic heterocycles. The van der Waals surface area contributed by atoms with Crippen LogP contribution < -0.4 is 4.74 Å². The number of halogens is 1. The molecule has 0 atom stereocenters. The second kappa shape index (κ2) is 5.65. The average molecular weight is 272 g/mol. The molecule has 0 heterocycles. The van der Waals surface area contributed by atoms with Gasteiger partial charge in [0.25, 0.3) is 0 Å². The molecule has 0 aliphatic heterocycles. The molecule has 0 bridgehead atoms. The van der Waals surface area contributed by atoms with Gasteiger partial charge in [0.15, 0.2) is 5.78 Å². The van der Waals surface area contributed by atoms with E-state index >= 15 is 0 Å². The molecule has 0 spiro atoms. The lowest BCUT2D eigenvalue weighted by atomic mass is 10.1. The number of ketones is 1. The highest BCUT2D eigenvalue weighted by Gasteiger charge is 2.14. The van der Waals surface area contributed by atoms with Crippen molar-refractivity contribution in [3.05, 3.63) is 65.0 Å². The third-order valence-electron chi connectivity index (χ3n) is 2.78. The summed E-state index contributed by atoms with van der Waals surface area (Å²) in [6.07, 6.45) is 0. The van der Waals surface area contributed by atoms with E-state index in [9.17, 15) is 14.0 Å². The van der Waals surface area contributed by atoms with Gasteiger partial charge in [-0.05, 0) is 44.2 Å². The molecule has 0 amide bonds. The Morgan fingerprint density at radius 1 is 1.10 bits per heavy atom. The maximum absolute atomic E-state index is 13.1. The van der Waals surface area contributed by atoms with Gasteiger partial charge in [-0.25, -0.2) is 9.18 Å². The van der Waals surface area contributed by atoms with Crippen molar-refractivity contribution in [2.24, 2.45) is 0 Å². The van der Waals surface area contributed by atoms with E-state index in [-0.39, 0.29) is 17.1 Å². The van der Waals surface area contributed by atoms with Crippen LogP contribution >= 0.6 is 0 Å². The van der Waals surface area contributed by atoms with Gasteiger partial charge in [-0.2, -0.15) is 0 Å². The molecular formula is C16H13FO3. The predicted molar refractivity (Wildman–Crippen MR) is 72.5 cm³/mol. The number of esters is 1. The number of rotatable bonds is 3. The van der Waals surface area contributed by atoms with Crippen LogP contribution in [0.3, 0.4) is 0 Å². The number of hydrogen-bond donors (Lipinski definition) is 0. The highest BCUT2D eigenvalue weighted by molar-refractivity contribution is 5.99. The fourth-order valence-electron chi connectivity index (χ4n) is 1.78. The van der Waals surface area contributed by atoms with Gasteiger partial charge in [0, 0.05) is 0 Å². The number of Topliss-reactive ketones (excluding diaryl/α,β-unsaturated/α-hetero) is 1. The molecule has 0 saturated carbocycles. The molecular weight excluding hydrogens is 259 g/mol. The molecule has 2 aromatic carbocycles. The Morgan fingerprint density at radius 3 is 2.50 bits per heavy atom. The second-order valence-corrected chi connectivity index (χ2v) is 4.46. The van der Waals surface area contributed by atoms with Crippen LogP contribution in [0.15, 0.2) is 42.5 Å². The molecule has 0 aliphatic carbocycles. The Hall–Kier alpha value is -2.49. The Bertz CT molecular complexity index is 677. The van der Waals surface area contributed by atoms with Crippen molar-refractivity contribution < 1.29 is 18.7 Å². The van der Waals surface area contributed by atoms with E-state index in [2.05, 4.69) is 0 Å². The number of aryl methyl sites for hydroxylation is 1. The predicted octanol–water partition coefficient (Wildman–Crippen LogP) is 3.56. The maximum Gasteiger partial charge on any atom is 0.343 e. The summed E-state index contributed by atoms with van der Waals surface area (Å²) in [4.78, 5) is 23.5. The van der Waals surface area contributed by atoms with Gasteiger partial charge in [-0.3, -0.25) is 4.79 Å². The number of ether oxygens (including phenoxy) is 1. The first-order chi connectivity index (χ1) is 9.47. The second-order valence-electron chi connectivity index (χ2n) is 4.46. The Morgan fingerprint density at radius 2 is 1.85 bits per heavy atom. The van der Waals surface area contributed by atoms with Crippen LogP contribution in [0, 0.1) is 12.7 Å². The monoisotopic (exact) mass is 272 g/mol. The summed E-state index contributed by atoms with van der Waals surface area (Å²) in [6, 6.07) is 10.1. The maximum atomic E-state index is 13.1. The first-order valence-electron chi connectivity index (χ1n) is 6.06. The first-order valence-corrected chi connectivity index (χ1v) is 6.06. The summed E-state index contributed by atoms with van der Waals surface area (Å²) >= 11 is 0. The van der Waals surface area contributed by atoms with Crippen molar-refractivity contribution in [1.82, 2.24) is 0 Å². The number of benzene rings is 2. The van der Waals surface area contributed by atoms with Crippen molar-refractivity contribution >= 4 is 11.8 Å². The zero-order chi connectivity index (χ0) is 14.7. The molecule has 0 unspecified atom stereocenters. The van der Waals surface area contributed by atoms with Crippen molar-refractivity contribution in [1.29, 1.82) is 0 Å². The molecule has 0 fully saturated rings. The number of carbonyl (C=O) groups excluding carboxylic acids is 2. The summed E-state index contributed by atoms with van der Waals surface area (Å²) in [6.45, 7) is 3.24. The standard InChI is InChI=1S/C16H13FO3/c1-10-6-7-15(14(8-10)11(2)18)20-16(19)12-4-3-5-13(17)9-12/h3-9H,1-2H3. The molecule has 0 saturated heterocycles. The lowest BCUT2D eigenvalue weighted by Crippen LogP contribution is -2.11. The van der Waals surface area contributed by atoms with E-state index in [1.165, 1.54) is 25.1 Å². The molecule has 2 rings (SSSR count). The van der Waals surface area contributed by atoms with Crippen LogP contribution in [-0.4, -0.2) is 11.8 Å². The third kappa shape index (κ3) is 3.09. The summed E-state index contributed by atoms with van der Waals surface area (Å²) in [5.41, 5.74) is 1.32. The lowest BCUT2D eigenvalue weighted by molar-refractivity contribution is 0.0732. The fraction of sp³-hybridized carbons (Fsp3) is 0.125. The molecule has 3 nitrogen and oxygen atoms in total. The summed E-state index contributed by atoms with van der Waals surface area (Å²) in [5, 5.41) is 0. The van der Waals surface area contributed by atoms with E-state index in [4.69, 9.17) is 4.74 Å². The molecule has 2 aromatic rings. The molecule has 102 valence electrons. The van der Waals surface area contributed by atoms with E-state index in [1.807, 2.05) is 6.92 Å². The van der Waals surface area contributed by atoms with Crippen LogP contribution in [0.25, 0.3) is 0 Å². The Kier molecular flexibility index (Phi) is 3.94. The summed E-state index contributed by atoms with van der Waals surface area (Å²) in [7, 11) is 0. The van der Waals surface area contributed by atoms with Gasteiger partial charge < -0.3 is 4.74 Å². The van der Waals surface area contributed by atoms with E-state index in [0.29, 0.717) is 5.56 Å². The zero-order valence-corrected chi connectivity index (χ0v) is 11.1. The van der Waals surface area contributed by atoms with Crippen molar-refractivity contribution in [3.63, 3.8) is 0 Å². The van der Waals surface area contributed by atoms with Crippen molar-refractivity contribution in [3.8, 4) is 5.75 Å².